The van der Waals surface area contributed by atoms with Crippen molar-refractivity contribution in [2.24, 2.45) is 5.73 Å². The third-order valence-electron chi connectivity index (χ3n) is 0.160. The monoisotopic (exact) mass is 117 g/mol. The zero-order valence-corrected chi connectivity index (χ0v) is 3.33. The molecule has 4 heteroatoms. The van der Waals surface area contributed by atoms with Gasteiger partial charge in [0, 0.05) is 0 Å². The van der Waals surface area contributed by atoms with Gasteiger partial charge < -0.3 is 5.73 Å². The minimum atomic E-state index is -0.495. The SMILES string of the molecule is NCC(=O)Cl.[NaH]. The van der Waals surface area contributed by atoms with Gasteiger partial charge in [0.1, 0.15) is 0 Å². The van der Waals surface area contributed by atoms with Crippen LogP contribution < -0.4 is 5.73 Å². The Labute approximate surface area is 63.3 Å². The third-order valence-corrected chi connectivity index (χ3v) is 0.315. The van der Waals surface area contributed by atoms with Crippen molar-refractivity contribution in [1.29, 1.82) is 0 Å². The van der Waals surface area contributed by atoms with Gasteiger partial charge in [-0.2, -0.15) is 0 Å². The zero-order chi connectivity index (χ0) is 4.28. The van der Waals surface area contributed by atoms with Crippen LogP contribution in [-0.4, -0.2) is 41.3 Å². The summed E-state index contributed by atoms with van der Waals surface area (Å²) >= 11 is 4.70. The van der Waals surface area contributed by atoms with Gasteiger partial charge in [0.05, 0.1) is 6.54 Å². The molecule has 0 aromatic heterocycles. The summed E-state index contributed by atoms with van der Waals surface area (Å²) in [6.45, 7) is -0.0679. The molecule has 0 amide bonds. The average Bonchev–Trinajstić information content (AvgIpc) is 1.38. The summed E-state index contributed by atoms with van der Waals surface area (Å²) in [7, 11) is 0. The molecule has 6 heavy (non-hydrogen) atoms. The van der Waals surface area contributed by atoms with Crippen molar-refractivity contribution in [1.82, 2.24) is 0 Å². The van der Waals surface area contributed by atoms with E-state index in [4.69, 9.17) is 11.6 Å². The number of rotatable bonds is 1. The molecule has 0 aromatic carbocycles. The molecule has 0 spiro atoms. The van der Waals surface area contributed by atoms with E-state index in [1.54, 1.807) is 0 Å². The van der Waals surface area contributed by atoms with Gasteiger partial charge in [-0.05, 0) is 11.6 Å². The Kier molecular flexibility index (Phi) is 9.89. The fraction of sp³-hybridized carbons (Fsp3) is 0.500. The summed E-state index contributed by atoms with van der Waals surface area (Å²) in [5.41, 5.74) is 4.69. The maximum absolute atomic E-state index is 9.45. The molecule has 0 aliphatic heterocycles. The van der Waals surface area contributed by atoms with Crippen molar-refractivity contribution in [3.63, 3.8) is 0 Å². The van der Waals surface area contributed by atoms with Gasteiger partial charge in [-0.15, -0.1) is 0 Å². The van der Waals surface area contributed by atoms with E-state index in [0.29, 0.717) is 0 Å². The van der Waals surface area contributed by atoms with E-state index in [9.17, 15) is 4.79 Å². The summed E-state index contributed by atoms with van der Waals surface area (Å²) in [5.74, 6) is 0. The number of hydrogen-bond donors (Lipinski definition) is 1. The van der Waals surface area contributed by atoms with Crippen LogP contribution in [0.15, 0.2) is 0 Å². The van der Waals surface area contributed by atoms with Crippen LogP contribution >= 0.6 is 11.6 Å². The Bertz CT molecular complexity index is 48.8. The van der Waals surface area contributed by atoms with Crippen molar-refractivity contribution >= 4 is 46.4 Å². The van der Waals surface area contributed by atoms with Gasteiger partial charge in [-0.25, -0.2) is 0 Å². The summed E-state index contributed by atoms with van der Waals surface area (Å²) < 4.78 is 0. The Morgan fingerprint density at radius 3 is 2.00 bits per heavy atom. The Hall–Kier alpha value is 0.920. The molecule has 0 unspecified atom stereocenters. The van der Waals surface area contributed by atoms with Crippen molar-refractivity contribution in [2.45, 2.75) is 0 Å². The first-order valence-electron chi connectivity index (χ1n) is 1.15. The van der Waals surface area contributed by atoms with Gasteiger partial charge in [0.2, 0.25) is 5.24 Å². The normalized spacial score (nSPS) is 6.33. The van der Waals surface area contributed by atoms with E-state index in [2.05, 4.69) is 5.73 Å². The third kappa shape index (κ3) is 8.87. The van der Waals surface area contributed by atoms with Crippen LogP contribution in [0.2, 0.25) is 0 Å². The Balaban J connectivity index is 0. The van der Waals surface area contributed by atoms with Crippen LogP contribution in [-0.2, 0) is 4.79 Å². The predicted molar refractivity (Wildman–Crippen MR) is 27.1 cm³/mol. The standard InChI is InChI=1S/C2H4ClNO.Na.H/c3-2(5)1-4;;/h1,4H2;;. The average molecular weight is 118 g/mol. The maximum atomic E-state index is 9.45. The number of hydrogen-bond acceptors (Lipinski definition) is 2. The fourth-order valence-electron chi connectivity index (χ4n) is 0. The Morgan fingerprint density at radius 2 is 2.00 bits per heavy atom. The van der Waals surface area contributed by atoms with Crippen molar-refractivity contribution in [2.75, 3.05) is 6.54 Å². The molecule has 0 radical (unpaired) electrons. The molecule has 0 saturated carbocycles. The van der Waals surface area contributed by atoms with Crippen LogP contribution in [0.4, 0.5) is 0 Å². The second kappa shape index (κ2) is 5.92. The molecule has 2 N–H and O–H groups in total. The van der Waals surface area contributed by atoms with Crippen LogP contribution in [0.25, 0.3) is 0 Å². The Morgan fingerprint density at radius 1 is 1.83 bits per heavy atom. The number of nitrogens with two attached hydrogens (primary N) is 1. The van der Waals surface area contributed by atoms with E-state index < -0.39 is 5.24 Å². The van der Waals surface area contributed by atoms with Crippen molar-refractivity contribution in [3.8, 4) is 0 Å². The molecular weight excluding hydrogens is 112 g/mol. The van der Waals surface area contributed by atoms with Crippen molar-refractivity contribution < 1.29 is 4.79 Å². The van der Waals surface area contributed by atoms with Crippen LogP contribution in [0.1, 0.15) is 0 Å². The molecule has 0 heterocycles. The molecular formula is C2H5ClNNaO. The molecule has 0 atom stereocenters. The molecule has 0 fully saturated rings. The zero-order valence-electron chi connectivity index (χ0n) is 2.57. The van der Waals surface area contributed by atoms with E-state index in [1.165, 1.54) is 0 Å². The fourth-order valence-corrected chi connectivity index (χ4v) is 0. The van der Waals surface area contributed by atoms with E-state index in [1.807, 2.05) is 0 Å². The molecule has 0 rings (SSSR count). The number of carbonyl (C=O) groups is 1. The molecule has 0 aliphatic rings. The van der Waals surface area contributed by atoms with Gasteiger partial charge >= 0.3 is 29.6 Å². The molecule has 0 aliphatic carbocycles. The van der Waals surface area contributed by atoms with Gasteiger partial charge in [-0.1, -0.05) is 0 Å². The van der Waals surface area contributed by atoms with Gasteiger partial charge in [-0.3, -0.25) is 4.79 Å². The minimum absolute atomic E-state index is 0. The van der Waals surface area contributed by atoms with Crippen molar-refractivity contribution in [3.05, 3.63) is 0 Å². The second-order valence-corrected chi connectivity index (χ2v) is 0.981. The molecule has 32 valence electrons. The first kappa shape index (κ1) is 10.0. The first-order chi connectivity index (χ1) is 2.27. The van der Waals surface area contributed by atoms with Crippen LogP contribution in [0.5, 0.6) is 0 Å². The molecule has 0 bridgehead atoms. The van der Waals surface area contributed by atoms with E-state index in [0.717, 1.165) is 0 Å². The molecule has 0 aromatic rings. The summed E-state index contributed by atoms with van der Waals surface area (Å²) in [6, 6.07) is 0. The quantitative estimate of drug-likeness (QED) is 0.356. The van der Waals surface area contributed by atoms with Crippen LogP contribution in [0.3, 0.4) is 0 Å². The number of carbonyl (C=O) groups excluding carboxylic acids is 1. The predicted octanol–water partition coefficient (Wildman–Crippen LogP) is -0.938. The van der Waals surface area contributed by atoms with Crippen LogP contribution in [0, 0.1) is 0 Å². The first-order valence-corrected chi connectivity index (χ1v) is 1.53. The van der Waals surface area contributed by atoms with Gasteiger partial charge in [0.25, 0.3) is 0 Å². The molecule has 0 saturated heterocycles. The van der Waals surface area contributed by atoms with Gasteiger partial charge in [0.15, 0.2) is 0 Å². The number of halogens is 1. The van der Waals surface area contributed by atoms with E-state index in [-0.39, 0.29) is 36.1 Å². The summed E-state index contributed by atoms with van der Waals surface area (Å²) in [6.07, 6.45) is 0. The summed E-state index contributed by atoms with van der Waals surface area (Å²) in [4.78, 5) is 9.45. The summed E-state index contributed by atoms with van der Waals surface area (Å²) in [5, 5.41) is -0.495. The topological polar surface area (TPSA) is 43.1 Å². The second-order valence-electron chi connectivity index (χ2n) is 0.559. The molecule has 2 nitrogen and oxygen atoms in total. The van der Waals surface area contributed by atoms with E-state index >= 15 is 0 Å².